The molecular weight excluding hydrogens is 327 g/mol. The third-order valence-corrected chi connectivity index (χ3v) is 3.94. The van der Waals surface area contributed by atoms with Crippen LogP contribution in [0.25, 0.3) is 0 Å². The first-order valence-corrected chi connectivity index (χ1v) is 7.40. The van der Waals surface area contributed by atoms with E-state index in [2.05, 4.69) is 20.2 Å². The molecule has 3 rings (SSSR count). The highest BCUT2D eigenvalue weighted by atomic mass is 32.1. The van der Waals surface area contributed by atoms with Gasteiger partial charge in [0.15, 0.2) is 0 Å². The van der Waals surface area contributed by atoms with Crippen LogP contribution < -0.4 is 4.90 Å². The molecule has 0 radical (unpaired) electrons. The van der Waals surface area contributed by atoms with Gasteiger partial charge in [-0.2, -0.15) is 22.9 Å². The molecule has 2 aromatic rings. The number of benzene rings is 1. The zero-order valence-corrected chi connectivity index (χ0v) is 13.1. The minimum absolute atomic E-state index is 0.203. The number of aromatic amines is 1. The molecule has 1 aromatic heterocycles. The fraction of sp³-hybridized carbons (Fsp3) is 0.357. The number of aromatic nitrogens is 3. The van der Waals surface area contributed by atoms with Gasteiger partial charge in [0, 0.05) is 19.3 Å². The standard InChI is InChI=1S/C14H14F3N5S/c1-21-6-2-3-10-7-9(4-5-11(10)21)8-18-22-12(14(15,16)17)19-20-13(22)23/h4-5,7-8H,2-3,6H2,1H3,(H,20,23)/b18-8-. The molecule has 1 aromatic carbocycles. The van der Waals surface area contributed by atoms with Gasteiger partial charge in [0.25, 0.3) is 5.82 Å². The summed E-state index contributed by atoms with van der Waals surface area (Å²) in [6, 6.07) is 5.71. The second kappa shape index (κ2) is 5.80. The Kier molecular flexibility index (Phi) is 3.97. The number of halogens is 3. The van der Waals surface area contributed by atoms with Crippen LogP contribution in [0.5, 0.6) is 0 Å². The summed E-state index contributed by atoms with van der Waals surface area (Å²) in [5, 5.41) is 9.12. The van der Waals surface area contributed by atoms with Gasteiger partial charge in [0.05, 0.1) is 6.21 Å². The number of nitrogens with zero attached hydrogens (tertiary/aromatic N) is 4. The summed E-state index contributed by atoms with van der Waals surface area (Å²) in [5.41, 5.74) is 3.02. The van der Waals surface area contributed by atoms with Gasteiger partial charge >= 0.3 is 6.18 Å². The van der Waals surface area contributed by atoms with Crippen LogP contribution >= 0.6 is 12.2 Å². The minimum atomic E-state index is -4.62. The fourth-order valence-electron chi connectivity index (χ4n) is 2.59. The maximum atomic E-state index is 12.8. The quantitative estimate of drug-likeness (QED) is 0.674. The molecule has 1 aliphatic rings. The number of aryl methyl sites for hydroxylation is 1. The second-order valence-electron chi connectivity index (χ2n) is 5.32. The van der Waals surface area contributed by atoms with Gasteiger partial charge in [-0.3, -0.25) is 0 Å². The van der Waals surface area contributed by atoms with E-state index in [0.717, 1.165) is 36.2 Å². The van der Waals surface area contributed by atoms with Gasteiger partial charge in [-0.15, -0.1) is 5.10 Å². The summed E-state index contributed by atoms with van der Waals surface area (Å²) in [4.78, 5) is 2.16. The number of fused-ring (bicyclic) bond motifs is 1. The third kappa shape index (κ3) is 3.14. The molecule has 2 heterocycles. The van der Waals surface area contributed by atoms with Crippen LogP contribution in [0, 0.1) is 4.77 Å². The molecule has 5 nitrogen and oxygen atoms in total. The summed E-state index contributed by atoms with van der Waals surface area (Å²) < 4.78 is 38.9. The van der Waals surface area contributed by atoms with Crippen molar-refractivity contribution in [2.24, 2.45) is 5.10 Å². The molecule has 122 valence electrons. The lowest BCUT2D eigenvalue weighted by Crippen LogP contribution is -2.24. The Morgan fingerprint density at radius 2 is 2.17 bits per heavy atom. The molecule has 0 unspecified atom stereocenters. The van der Waals surface area contributed by atoms with E-state index in [4.69, 9.17) is 12.2 Å². The van der Waals surface area contributed by atoms with E-state index in [1.807, 2.05) is 25.2 Å². The first-order valence-electron chi connectivity index (χ1n) is 6.99. The highest BCUT2D eigenvalue weighted by Gasteiger charge is 2.37. The van der Waals surface area contributed by atoms with E-state index >= 15 is 0 Å². The molecule has 1 N–H and O–H groups in total. The lowest BCUT2D eigenvalue weighted by Gasteiger charge is -2.27. The van der Waals surface area contributed by atoms with Crippen molar-refractivity contribution in [2.45, 2.75) is 19.0 Å². The SMILES string of the molecule is CN1CCCc2cc(/C=N\n3c(C(F)(F)F)n[nH]c3=S)ccc21. The molecule has 1 aliphatic heterocycles. The molecule has 0 atom stereocenters. The van der Waals surface area contributed by atoms with E-state index < -0.39 is 12.0 Å². The number of nitrogens with one attached hydrogen (secondary N) is 1. The monoisotopic (exact) mass is 341 g/mol. The van der Waals surface area contributed by atoms with Gasteiger partial charge in [0.2, 0.25) is 4.77 Å². The number of H-pyrrole nitrogens is 1. The van der Waals surface area contributed by atoms with Gasteiger partial charge in [0.1, 0.15) is 0 Å². The molecule has 0 fully saturated rings. The maximum absolute atomic E-state index is 12.8. The Bertz CT molecular complexity index is 805. The highest BCUT2D eigenvalue weighted by molar-refractivity contribution is 7.71. The lowest BCUT2D eigenvalue weighted by atomic mass is 10.00. The van der Waals surface area contributed by atoms with Crippen molar-refractivity contribution in [3.8, 4) is 0 Å². The third-order valence-electron chi connectivity index (χ3n) is 3.68. The van der Waals surface area contributed by atoms with E-state index in [9.17, 15) is 13.2 Å². The molecule has 23 heavy (non-hydrogen) atoms. The van der Waals surface area contributed by atoms with Gasteiger partial charge in [-0.05, 0) is 48.3 Å². The molecule has 0 aliphatic carbocycles. The van der Waals surface area contributed by atoms with Crippen LogP contribution in [0.1, 0.15) is 23.4 Å². The lowest BCUT2D eigenvalue weighted by molar-refractivity contribution is -0.147. The molecule has 0 saturated heterocycles. The molecule has 0 amide bonds. The smallest absolute Gasteiger partial charge is 0.374 e. The zero-order valence-electron chi connectivity index (χ0n) is 12.3. The van der Waals surface area contributed by atoms with E-state index in [1.165, 1.54) is 6.21 Å². The van der Waals surface area contributed by atoms with Crippen molar-refractivity contribution in [3.05, 3.63) is 39.9 Å². The van der Waals surface area contributed by atoms with Crippen molar-refractivity contribution in [2.75, 3.05) is 18.5 Å². The number of alkyl halides is 3. The molecule has 0 bridgehead atoms. The average Bonchev–Trinajstić information content (AvgIpc) is 2.86. The first kappa shape index (κ1) is 15.7. The topological polar surface area (TPSA) is 49.2 Å². The molecular formula is C14H14F3N5S. The number of hydrogen-bond donors (Lipinski definition) is 1. The van der Waals surface area contributed by atoms with Crippen molar-refractivity contribution >= 4 is 24.1 Å². The summed E-state index contributed by atoms with van der Waals surface area (Å²) in [6.07, 6.45) is -1.27. The Morgan fingerprint density at radius 3 is 2.91 bits per heavy atom. The van der Waals surface area contributed by atoms with Crippen molar-refractivity contribution in [1.29, 1.82) is 0 Å². The van der Waals surface area contributed by atoms with Crippen LogP contribution in [0.4, 0.5) is 18.9 Å². The highest BCUT2D eigenvalue weighted by Crippen LogP contribution is 2.28. The molecule has 0 spiro atoms. The van der Waals surface area contributed by atoms with Crippen LogP contribution in [0.3, 0.4) is 0 Å². The first-order chi connectivity index (χ1) is 10.9. The minimum Gasteiger partial charge on any atom is -0.374 e. The second-order valence-corrected chi connectivity index (χ2v) is 5.71. The predicted octanol–water partition coefficient (Wildman–Crippen LogP) is 3.22. The predicted molar refractivity (Wildman–Crippen MR) is 83.4 cm³/mol. The Morgan fingerprint density at radius 1 is 1.39 bits per heavy atom. The van der Waals surface area contributed by atoms with Crippen LogP contribution in [-0.4, -0.2) is 34.7 Å². The van der Waals surface area contributed by atoms with Crippen molar-refractivity contribution < 1.29 is 13.2 Å². The van der Waals surface area contributed by atoms with E-state index in [1.54, 1.807) is 0 Å². The summed E-state index contributed by atoms with van der Waals surface area (Å²) in [5.74, 6) is -1.17. The Hall–Kier alpha value is -2.16. The summed E-state index contributed by atoms with van der Waals surface area (Å²) in [7, 11) is 2.02. The Labute approximate surface area is 135 Å². The largest absolute Gasteiger partial charge is 0.453 e. The van der Waals surface area contributed by atoms with Crippen LogP contribution in [0.2, 0.25) is 0 Å². The summed E-state index contributed by atoms with van der Waals surface area (Å²) in [6.45, 7) is 1.000. The van der Waals surface area contributed by atoms with E-state index in [-0.39, 0.29) is 4.77 Å². The Balaban J connectivity index is 1.93. The van der Waals surface area contributed by atoms with Crippen LogP contribution in [-0.2, 0) is 12.6 Å². The number of hydrogen-bond acceptors (Lipinski definition) is 4. The van der Waals surface area contributed by atoms with Gasteiger partial charge in [-0.1, -0.05) is 6.07 Å². The zero-order chi connectivity index (χ0) is 16.6. The van der Waals surface area contributed by atoms with Crippen LogP contribution in [0.15, 0.2) is 23.3 Å². The maximum Gasteiger partial charge on any atom is 0.453 e. The normalized spacial score (nSPS) is 15.2. The number of anilines is 1. The van der Waals surface area contributed by atoms with Gasteiger partial charge < -0.3 is 4.90 Å². The molecule has 9 heteroatoms. The fourth-order valence-corrected chi connectivity index (χ4v) is 2.77. The number of rotatable bonds is 2. The van der Waals surface area contributed by atoms with Crippen molar-refractivity contribution in [3.63, 3.8) is 0 Å². The van der Waals surface area contributed by atoms with Gasteiger partial charge in [-0.25, -0.2) is 5.10 Å². The van der Waals surface area contributed by atoms with E-state index in [0.29, 0.717) is 4.68 Å². The summed E-state index contributed by atoms with van der Waals surface area (Å²) >= 11 is 4.79. The molecule has 0 saturated carbocycles. The van der Waals surface area contributed by atoms with Crippen molar-refractivity contribution in [1.82, 2.24) is 14.9 Å². The average molecular weight is 341 g/mol.